The van der Waals surface area contributed by atoms with Crippen LogP contribution < -0.4 is 15.2 Å². The van der Waals surface area contributed by atoms with Crippen LogP contribution in [0.5, 0.6) is 5.75 Å². The van der Waals surface area contributed by atoms with Crippen molar-refractivity contribution in [1.82, 2.24) is 0 Å². The van der Waals surface area contributed by atoms with Gasteiger partial charge < -0.3 is 10.1 Å². The van der Waals surface area contributed by atoms with Crippen molar-refractivity contribution in [3.05, 3.63) is 84.4 Å². The van der Waals surface area contributed by atoms with E-state index in [1.54, 1.807) is 0 Å². The van der Waals surface area contributed by atoms with Crippen molar-refractivity contribution in [3.8, 4) is 5.75 Å². The van der Waals surface area contributed by atoms with E-state index in [1.807, 2.05) is 13.0 Å². The van der Waals surface area contributed by atoms with E-state index < -0.39 is 8.07 Å². The topological polar surface area (TPSA) is 21.3 Å². The molecule has 0 radical (unpaired) electrons. The predicted octanol–water partition coefficient (Wildman–Crippen LogP) is 6.38. The van der Waals surface area contributed by atoms with Crippen molar-refractivity contribution >= 4 is 24.6 Å². The smallest absolute Gasteiger partial charge is 0.119 e. The van der Waals surface area contributed by atoms with Crippen LogP contribution in [0.15, 0.2) is 78.9 Å². The van der Waals surface area contributed by atoms with E-state index in [-0.39, 0.29) is 0 Å². The number of benzene rings is 3. The minimum Gasteiger partial charge on any atom is -0.494 e. The van der Waals surface area contributed by atoms with E-state index in [1.165, 1.54) is 23.2 Å². The van der Waals surface area contributed by atoms with Gasteiger partial charge in [-0.3, -0.25) is 0 Å². The van der Waals surface area contributed by atoms with E-state index in [2.05, 4.69) is 91.2 Å². The number of ether oxygens (including phenoxy) is 1. The van der Waals surface area contributed by atoms with E-state index in [9.17, 15) is 0 Å². The molecule has 0 aromatic heterocycles. The summed E-state index contributed by atoms with van der Waals surface area (Å²) in [4.78, 5) is 0. The highest BCUT2D eigenvalue weighted by Gasteiger charge is 2.22. The fourth-order valence-corrected chi connectivity index (χ4v) is 5.96. The van der Waals surface area contributed by atoms with Gasteiger partial charge >= 0.3 is 0 Å². The average molecular weight is 390 g/mol. The van der Waals surface area contributed by atoms with Gasteiger partial charge in [0.05, 0.1) is 14.7 Å². The Labute approximate surface area is 170 Å². The zero-order valence-corrected chi connectivity index (χ0v) is 18.2. The molecule has 0 aliphatic rings. The van der Waals surface area contributed by atoms with Crippen LogP contribution in [-0.2, 0) is 6.42 Å². The molecule has 0 heterocycles. The molecule has 3 aromatic rings. The van der Waals surface area contributed by atoms with E-state index in [0.29, 0.717) is 0 Å². The molecule has 0 saturated heterocycles. The fourth-order valence-electron chi connectivity index (χ4n) is 3.54. The summed E-state index contributed by atoms with van der Waals surface area (Å²) in [5.41, 5.74) is 3.69. The lowest BCUT2D eigenvalue weighted by Crippen LogP contribution is -2.41. The summed E-state index contributed by atoms with van der Waals surface area (Å²) >= 11 is 0. The number of hydrogen-bond donors (Lipinski definition) is 1. The number of hydrogen-bond acceptors (Lipinski definition) is 2. The third kappa shape index (κ3) is 5.73. The van der Waals surface area contributed by atoms with Gasteiger partial charge in [-0.15, -0.1) is 0 Å². The number of rotatable bonds is 9. The highest BCUT2D eigenvalue weighted by molar-refractivity contribution is 6.89. The molecule has 0 bridgehead atoms. The molecule has 0 amide bonds. The van der Waals surface area contributed by atoms with Gasteiger partial charge in [-0.05, 0) is 55.3 Å². The van der Waals surface area contributed by atoms with Crippen LogP contribution in [0, 0.1) is 0 Å². The van der Waals surface area contributed by atoms with Gasteiger partial charge in [-0.1, -0.05) is 73.2 Å². The molecule has 0 aliphatic heterocycles. The summed E-state index contributed by atoms with van der Waals surface area (Å²) < 4.78 is 5.58. The van der Waals surface area contributed by atoms with E-state index in [0.717, 1.165) is 30.2 Å². The summed E-state index contributed by atoms with van der Waals surface area (Å²) in [5, 5.41) is 5.00. The summed E-state index contributed by atoms with van der Waals surface area (Å²) in [7, 11) is -1.42. The van der Waals surface area contributed by atoms with Gasteiger partial charge in [0.1, 0.15) is 5.75 Å². The quantitative estimate of drug-likeness (QED) is 0.429. The molecule has 28 heavy (non-hydrogen) atoms. The third-order valence-electron chi connectivity index (χ3n) is 5.20. The molecule has 146 valence electrons. The molecule has 3 aromatic carbocycles. The maximum absolute atomic E-state index is 5.58. The molecular weight excluding hydrogens is 358 g/mol. The first-order valence-electron chi connectivity index (χ1n) is 10.2. The van der Waals surface area contributed by atoms with Crippen LogP contribution in [0.1, 0.15) is 18.9 Å². The molecule has 0 saturated carbocycles. The summed E-state index contributed by atoms with van der Waals surface area (Å²) in [6, 6.07) is 29.2. The zero-order chi connectivity index (χ0) is 19.8. The molecule has 3 heteroatoms. The van der Waals surface area contributed by atoms with Crippen LogP contribution in [-0.4, -0.2) is 14.7 Å². The van der Waals surface area contributed by atoms with Crippen LogP contribution in [0.25, 0.3) is 0 Å². The lowest BCUT2D eigenvalue weighted by molar-refractivity contribution is 0.340. The molecule has 0 spiro atoms. The van der Waals surface area contributed by atoms with Crippen molar-refractivity contribution in [1.29, 1.82) is 0 Å². The van der Waals surface area contributed by atoms with E-state index >= 15 is 0 Å². The van der Waals surface area contributed by atoms with Crippen molar-refractivity contribution in [3.63, 3.8) is 0 Å². The second-order valence-electron chi connectivity index (χ2n) is 7.89. The first kappa shape index (κ1) is 20.2. The minimum absolute atomic E-state index is 0.721. The second kappa shape index (κ2) is 9.61. The summed E-state index contributed by atoms with van der Waals surface area (Å²) in [6.07, 6.45) is 2.35. The van der Waals surface area contributed by atoms with Gasteiger partial charge in [0, 0.05) is 11.4 Å². The molecule has 2 nitrogen and oxygen atoms in total. The average Bonchev–Trinajstić information content (AvgIpc) is 2.70. The fraction of sp³-hybridized carbons (Fsp3) is 0.280. The lowest BCUT2D eigenvalue weighted by atomic mass is 10.1. The Balaban J connectivity index is 1.55. The molecule has 0 unspecified atom stereocenters. The van der Waals surface area contributed by atoms with Gasteiger partial charge in [-0.2, -0.15) is 0 Å². The van der Waals surface area contributed by atoms with Crippen LogP contribution >= 0.6 is 0 Å². The van der Waals surface area contributed by atoms with Crippen LogP contribution in [0.2, 0.25) is 19.1 Å². The SMILES string of the molecule is CCOc1ccc([Si](C)(C)CCCc2cccc(Nc3ccccc3)c2)cc1. The van der Waals surface area contributed by atoms with Crippen molar-refractivity contribution in [2.75, 3.05) is 11.9 Å². The summed E-state index contributed by atoms with van der Waals surface area (Å²) in [6.45, 7) is 7.68. The lowest BCUT2D eigenvalue weighted by Gasteiger charge is -2.23. The molecule has 0 atom stereocenters. The van der Waals surface area contributed by atoms with Gasteiger partial charge in [0.25, 0.3) is 0 Å². The molecule has 0 aliphatic carbocycles. The maximum atomic E-state index is 5.58. The largest absolute Gasteiger partial charge is 0.494 e. The van der Waals surface area contributed by atoms with Gasteiger partial charge in [-0.25, -0.2) is 0 Å². The van der Waals surface area contributed by atoms with Gasteiger partial charge in [0.15, 0.2) is 0 Å². The highest BCUT2D eigenvalue weighted by atomic mass is 28.3. The maximum Gasteiger partial charge on any atom is 0.119 e. The Morgan fingerprint density at radius 2 is 1.54 bits per heavy atom. The van der Waals surface area contributed by atoms with Crippen molar-refractivity contribution in [2.24, 2.45) is 0 Å². The highest BCUT2D eigenvalue weighted by Crippen LogP contribution is 2.21. The standard InChI is InChI=1S/C25H31NOSi/c1-4-27-24-15-17-25(18-16-24)28(2,3)19-9-11-21-10-8-14-23(20-21)26-22-12-6-5-7-13-22/h5-8,10,12-18,20,26H,4,9,11,19H2,1-3H3. The Bertz CT molecular complexity index is 859. The number of anilines is 2. The number of nitrogens with one attached hydrogen (secondary N) is 1. The monoisotopic (exact) mass is 389 g/mol. The molecular formula is C25H31NOSi. The predicted molar refractivity (Wildman–Crippen MR) is 124 cm³/mol. The van der Waals surface area contributed by atoms with Crippen molar-refractivity contribution < 1.29 is 4.74 Å². The van der Waals surface area contributed by atoms with Crippen LogP contribution in [0.4, 0.5) is 11.4 Å². The molecule has 1 N–H and O–H groups in total. The normalized spacial score (nSPS) is 11.2. The number of aryl methyl sites for hydroxylation is 1. The second-order valence-corrected chi connectivity index (χ2v) is 12.7. The third-order valence-corrected chi connectivity index (χ3v) is 8.70. The van der Waals surface area contributed by atoms with Crippen LogP contribution in [0.3, 0.4) is 0 Å². The van der Waals surface area contributed by atoms with E-state index in [4.69, 9.17) is 4.74 Å². The Kier molecular flexibility index (Phi) is 6.94. The zero-order valence-electron chi connectivity index (χ0n) is 17.2. The Morgan fingerprint density at radius 3 is 2.25 bits per heavy atom. The Hall–Kier alpha value is -2.52. The van der Waals surface area contributed by atoms with Crippen molar-refractivity contribution in [2.45, 2.75) is 38.9 Å². The Morgan fingerprint density at radius 1 is 0.821 bits per heavy atom. The number of para-hydroxylation sites is 1. The molecule has 0 fully saturated rings. The first-order valence-corrected chi connectivity index (χ1v) is 13.4. The minimum atomic E-state index is -1.42. The van der Waals surface area contributed by atoms with Gasteiger partial charge in [0.2, 0.25) is 0 Å². The first-order chi connectivity index (χ1) is 13.6. The molecule has 3 rings (SSSR count). The summed E-state index contributed by atoms with van der Waals surface area (Å²) in [5.74, 6) is 0.971.